The van der Waals surface area contributed by atoms with Crippen molar-refractivity contribution in [3.63, 3.8) is 0 Å². The molecular formula is C14H13BrN4O4. The van der Waals surface area contributed by atoms with Crippen molar-refractivity contribution in [2.45, 2.75) is 6.54 Å². The molecule has 0 spiro atoms. The molecule has 0 radical (unpaired) electrons. The maximum atomic E-state index is 12.2. The summed E-state index contributed by atoms with van der Waals surface area (Å²) >= 11 is 0. The Hall–Kier alpha value is -2.68. The number of furan rings is 1. The number of hydrogen-bond donors (Lipinski definition) is 1. The van der Waals surface area contributed by atoms with E-state index in [4.69, 9.17) is 9.83 Å². The van der Waals surface area contributed by atoms with Gasteiger partial charge in [0.05, 0.1) is 23.6 Å². The fourth-order valence-corrected chi connectivity index (χ4v) is 2.34. The number of carbonyl (C=O) groups excluding carboxylic acids is 1. The molecule has 0 saturated carbocycles. The fraction of sp³-hybridized carbons (Fsp3) is 0.143. The highest BCUT2D eigenvalue weighted by Gasteiger charge is 2.19. The Labute approximate surface area is 140 Å². The first-order valence-corrected chi connectivity index (χ1v) is 6.45. The van der Waals surface area contributed by atoms with Gasteiger partial charge in [-0.25, -0.2) is 0 Å². The molecule has 0 aliphatic rings. The molecule has 120 valence electrons. The van der Waals surface area contributed by atoms with Gasteiger partial charge in [0.1, 0.15) is 4.92 Å². The first-order chi connectivity index (χ1) is 10.5. The Morgan fingerprint density at radius 2 is 1.91 bits per heavy atom. The number of nitrogens with one attached hydrogen (secondary N) is 1. The maximum Gasteiger partial charge on any atom is 0.433 e. The lowest BCUT2D eigenvalue weighted by Gasteiger charge is -2.01. The van der Waals surface area contributed by atoms with E-state index in [1.807, 2.05) is 24.3 Å². The molecule has 1 N–H and O–H groups in total. The van der Waals surface area contributed by atoms with Crippen LogP contribution in [-0.2, 0) is 13.6 Å². The third-order valence-electron chi connectivity index (χ3n) is 3.46. The van der Waals surface area contributed by atoms with Crippen LogP contribution in [0.3, 0.4) is 0 Å². The number of nitrogens with zero attached hydrogens (tertiary/aromatic N) is 3. The Morgan fingerprint density at radius 3 is 2.52 bits per heavy atom. The summed E-state index contributed by atoms with van der Waals surface area (Å²) in [6, 6.07) is 9.75. The van der Waals surface area contributed by atoms with E-state index in [1.54, 1.807) is 11.6 Å². The Bertz CT molecular complexity index is 953. The van der Waals surface area contributed by atoms with Gasteiger partial charge in [-0.2, -0.15) is 0 Å². The van der Waals surface area contributed by atoms with Gasteiger partial charge in [0.25, 0.3) is 0 Å². The molecule has 9 heteroatoms. The number of halogens is 1. The number of fused-ring (bicyclic) bond motifs is 1. The van der Waals surface area contributed by atoms with Gasteiger partial charge >= 0.3 is 5.88 Å². The lowest BCUT2D eigenvalue weighted by molar-refractivity contribution is -0.402. The minimum atomic E-state index is -0.697. The molecule has 23 heavy (non-hydrogen) atoms. The smallest absolute Gasteiger partial charge is 0.397 e. The predicted octanol–water partition coefficient (Wildman–Crippen LogP) is 2.42. The van der Waals surface area contributed by atoms with Crippen LogP contribution in [0, 0.1) is 15.5 Å². The van der Waals surface area contributed by atoms with Crippen molar-refractivity contribution >= 4 is 39.7 Å². The van der Waals surface area contributed by atoms with E-state index in [9.17, 15) is 14.9 Å². The normalized spacial score (nSPS) is 10.5. The summed E-state index contributed by atoms with van der Waals surface area (Å²) in [7, 11) is 1.74. The van der Waals surface area contributed by atoms with E-state index in [1.165, 1.54) is 10.6 Å². The largest absolute Gasteiger partial charge is 0.433 e. The topological polar surface area (TPSA) is 107 Å². The molecule has 3 aromatic rings. The molecule has 0 saturated heterocycles. The molecule has 2 aromatic heterocycles. The van der Waals surface area contributed by atoms with Crippen molar-refractivity contribution in [2.24, 2.45) is 7.05 Å². The van der Waals surface area contributed by atoms with Crippen LogP contribution in [0.25, 0.3) is 11.0 Å². The number of Topliss-reactive ketones (excluding diaryl/α,β-unsaturated/α-hetero) is 1. The molecule has 0 atom stereocenters. The second-order valence-electron chi connectivity index (χ2n) is 4.78. The van der Waals surface area contributed by atoms with Gasteiger partial charge in [-0.1, -0.05) is 12.1 Å². The van der Waals surface area contributed by atoms with Gasteiger partial charge in [0.2, 0.25) is 11.4 Å². The zero-order chi connectivity index (χ0) is 15.9. The summed E-state index contributed by atoms with van der Waals surface area (Å²) in [4.78, 5) is 22.1. The summed E-state index contributed by atoms with van der Waals surface area (Å²) in [5.41, 5.74) is 1.73. The number of ketones is 1. The monoisotopic (exact) mass is 380 g/mol. The molecule has 8 nitrogen and oxygen atoms in total. The minimum absolute atomic E-state index is 0. The third kappa shape index (κ3) is 2.82. The van der Waals surface area contributed by atoms with Crippen molar-refractivity contribution in [3.8, 4) is 0 Å². The Kier molecular flexibility index (Phi) is 4.50. The van der Waals surface area contributed by atoms with Crippen LogP contribution >= 0.6 is 17.0 Å². The molecule has 0 aliphatic heterocycles. The zero-order valence-electron chi connectivity index (χ0n) is 12.1. The van der Waals surface area contributed by atoms with Gasteiger partial charge in [-0.3, -0.25) is 20.3 Å². The molecule has 2 heterocycles. The molecule has 3 rings (SSSR count). The van der Waals surface area contributed by atoms with E-state index in [0.717, 1.165) is 17.1 Å². The first kappa shape index (κ1) is 16.7. The van der Waals surface area contributed by atoms with Crippen LogP contribution in [0.2, 0.25) is 0 Å². The second kappa shape index (κ2) is 6.21. The van der Waals surface area contributed by atoms with Crippen LogP contribution in [0.15, 0.2) is 40.8 Å². The van der Waals surface area contributed by atoms with Gasteiger partial charge in [-0.15, -0.1) is 17.0 Å². The van der Waals surface area contributed by atoms with E-state index in [2.05, 4.69) is 0 Å². The highest BCUT2D eigenvalue weighted by molar-refractivity contribution is 8.93. The van der Waals surface area contributed by atoms with Crippen molar-refractivity contribution in [1.82, 2.24) is 9.13 Å². The zero-order valence-corrected chi connectivity index (χ0v) is 13.8. The van der Waals surface area contributed by atoms with E-state index < -0.39 is 16.6 Å². The number of aromatic nitrogens is 2. The summed E-state index contributed by atoms with van der Waals surface area (Å²) in [5.74, 6) is -0.994. The lowest BCUT2D eigenvalue weighted by Crippen LogP contribution is -2.25. The Morgan fingerprint density at radius 1 is 1.26 bits per heavy atom. The molecule has 0 unspecified atom stereocenters. The van der Waals surface area contributed by atoms with Crippen LogP contribution in [-0.4, -0.2) is 19.8 Å². The standard InChI is InChI=1S/C14H12N4O4.BrH/c1-16-9-4-2-3-5-10(9)17(14(16)15)8-11(19)12-6-7-13(22-12)18(20)21;/h2-7,15H,8H2,1H3;1H. The summed E-state index contributed by atoms with van der Waals surface area (Å²) in [6.07, 6.45) is 0. The highest BCUT2D eigenvalue weighted by Crippen LogP contribution is 2.17. The highest BCUT2D eigenvalue weighted by atomic mass is 79.9. The number of hydrogen-bond acceptors (Lipinski definition) is 5. The average Bonchev–Trinajstić information content (AvgIpc) is 3.08. The summed E-state index contributed by atoms with van der Waals surface area (Å²) in [5, 5.41) is 18.7. The number of aryl methyl sites for hydroxylation is 1. The quantitative estimate of drug-likeness (QED) is 0.425. The summed E-state index contributed by atoms with van der Waals surface area (Å²) in [6.45, 7) is -0.120. The number of nitro groups is 1. The van der Waals surface area contributed by atoms with Crippen LogP contribution in [0.4, 0.5) is 5.88 Å². The van der Waals surface area contributed by atoms with E-state index >= 15 is 0 Å². The molecule has 0 aliphatic carbocycles. The number of rotatable bonds is 4. The predicted molar refractivity (Wildman–Crippen MR) is 86.8 cm³/mol. The van der Waals surface area contributed by atoms with E-state index in [-0.39, 0.29) is 34.9 Å². The van der Waals surface area contributed by atoms with Gasteiger partial charge in [0.15, 0.2) is 5.76 Å². The van der Waals surface area contributed by atoms with Gasteiger partial charge < -0.3 is 13.6 Å². The van der Waals surface area contributed by atoms with Crippen molar-refractivity contribution in [3.05, 3.63) is 57.9 Å². The average molecular weight is 381 g/mol. The summed E-state index contributed by atoms with van der Waals surface area (Å²) < 4.78 is 8.10. The molecule has 0 amide bonds. The Balaban J connectivity index is 0.00000192. The third-order valence-corrected chi connectivity index (χ3v) is 3.46. The molecule has 0 fully saturated rings. The minimum Gasteiger partial charge on any atom is -0.397 e. The lowest BCUT2D eigenvalue weighted by atomic mass is 10.3. The van der Waals surface area contributed by atoms with Crippen LogP contribution < -0.4 is 5.62 Å². The van der Waals surface area contributed by atoms with Gasteiger partial charge in [-0.05, 0) is 18.2 Å². The molecule has 1 aromatic carbocycles. The van der Waals surface area contributed by atoms with Crippen molar-refractivity contribution in [2.75, 3.05) is 0 Å². The fourth-order valence-electron chi connectivity index (χ4n) is 2.34. The molecule has 0 bridgehead atoms. The first-order valence-electron chi connectivity index (χ1n) is 6.45. The van der Waals surface area contributed by atoms with Gasteiger partial charge in [0, 0.05) is 7.05 Å². The van der Waals surface area contributed by atoms with E-state index in [0.29, 0.717) is 0 Å². The maximum absolute atomic E-state index is 12.2. The molecular weight excluding hydrogens is 368 g/mol. The second-order valence-corrected chi connectivity index (χ2v) is 4.78. The van der Waals surface area contributed by atoms with Crippen LogP contribution in [0.5, 0.6) is 0 Å². The number of para-hydroxylation sites is 2. The number of imidazole rings is 1. The van der Waals surface area contributed by atoms with Crippen LogP contribution in [0.1, 0.15) is 10.6 Å². The number of carbonyl (C=O) groups is 1. The van der Waals surface area contributed by atoms with Crippen molar-refractivity contribution < 1.29 is 14.1 Å². The SMILES string of the molecule is Br.Cn1c(=N)n(CC(=O)c2ccc([N+](=O)[O-])o2)c2ccccc21. The van der Waals surface area contributed by atoms with Crippen molar-refractivity contribution in [1.29, 1.82) is 5.41 Å². The number of benzene rings is 1.